The van der Waals surface area contributed by atoms with Crippen molar-refractivity contribution in [1.82, 2.24) is 9.99 Å². The SMILES string of the molecule is CC1CCC2(CC1)Oc1ccccc1[C@@H]1CC(c3cccnc3)=NN12. The summed E-state index contributed by atoms with van der Waals surface area (Å²) in [6.07, 6.45) is 9.13. The van der Waals surface area contributed by atoms with Gasteiger partial charge in [-0.15, -0.1) is 0 Å². The second kappa shape index (κ2) is 5.58. The molecule has 0 amide bonds. The zero-order valence-corrected chi connectivity index (χ0v) is 14.6. The summed E-state index contributed by atoms with van der Waals surface area (Å²) >= 11 is 0. The monoisotopic (exact) mass is 333 g/mol. The quantitative estimate of drug-likeness (QED) is 0.769. The van der Waals surface area contributed by atoms with E-state index in [0.29, 0.717) is 0 Å². The van der Waals surface area contributed by atoms with E-state index in [4.69, 9.17) is 9.84 Å². The van der Waals surface area contributed by atoms with Crippen LogP contribution in [0.3, 0.4) is 0 Å². The largest absolute Gasteiger partial charge is 0.466 e. The van der Waals surface area contributed by atoms with Gasteiger partial charge < -0.3 is 4.74 Å². The zero-order chi connectivity index (χ0) is 16.9. The third-order valence-electron chi connectivity index (χ3n) is 5.96. The fourth-order valence-corrected chi connectivity index (χ4v) is 4.48. The molecular formula is C21H23N3O. The Kier molecular flexibility index (Phi) is 3.34. The summed E-state index contributed by atoms with van der Waals surface area (Å²) in [4.78, 5) is 4.27. The molecule has 4 heteroatoms. The lowest BCUT2D eigenvalue weighted by molar-refractivity contribution is -0.145. The van der Waals surface area contributed by atoms with E-state index in [0.717, 1.165) is 42.2 Å². The van der Waals surface area contributed by atoms with Crippen LogP contribution < -0.4 is 4.74 Å². The molecule has 0 N–H and O–H groups in total. The lowest BCUT2D eigenvalue weighted by Gasteiger charge is -2.50. The first kappa shape index (κ1) is 14.9. The number of hydrazone groups is 1. The number of benzene rings is 1. The molecule has 0 saturated heterocycles. The van der Waals surface area contributed by atoms with E-state index in [1.54, 1.807) is 0 Å². The molecule has 5 rings (SSSR count). The first-order valence-electron chi connectivity index (χ1n) is 9.30. The van der Waals surface area contributed by atoms with Gasteiger partial charge in [0.25, 0.3) is 0 Å². The molecule has 1 spiro atoms. The fourth-order valence-electron chi connectivity index (χ4n) is 4.48. The molecule has 3 heterocycles. The van der Waals surface area contributed by atoms with E-state index in [1.807, 2.05) is 18.5 Å². The normalized spacial score (nSPS) is 30.4. The van der Waals surface area contributed by atoms with Crippen molar-refractivity contribution in [3.63, 3.8) is 0 Å². The van der Waals surface area contributed by atoms with Crippen molar-refractivity contribution in [3.05, 3.63) is 59.9 Å². The third-order valence-corrected chi connectivity index (χ3v) is 5.96. The molecule has 1 aromatic heterocycles. The minimum Gasteiger partial charge on any atom is -0.466 e. The summed E-state index contributed by atoms with van der Waals surface area (Å²) in [6.45, 7) is 2.34. The first-order valence-corrected chi connectivity index (χ1v) is 9.30. The van der Waals surface area contributed by atoms with Gasteiger partial charge >= 0.3 is 0 Å². The van der Waals surface area contributed by atoms with Crippen LogP contribution in [0, 0.1) is 5.92 Å². The van der Waals surface area contributed by atoms with Crippen molar-refractivity contribution in [1.29, 1.82) is 0 Å². The smallest absolute Gasteiger partial charge is 0.198 e. The molecule has 25 heavy (non-hydrogen) atoms. The Morgan fingerprint density at radius 1 is 1.12 bits per heavy atom. The van der Waals surface area contributed by atoms with Gasteiger partial charge in [0.05, 0.1) is 11.8 Å². The summed E-state index contributed by atoms with van der Waals surface area (Å²) in [5.41, 5.74) is 3.22. The van der Waals surface area contributed by atoms with Gasteiger partial charge in [-0.05, 0) is 30.9 Å². The number of nitrogens with zero attached hydrogens (tertiary/aromatic N) is 3. The van der Waals surface area contributed by atoms with Crippen molar-refractivity contribution < 1.29 is 4.74 Å². The highest BCUT2D eigenvalue weighted by atomic mass is 16.5. The van der Waals surface area contributed by atoms with Gasteiger partial charge in [-0.3, -0.25) is 4.98 Å². The first-order chi connectivity index (χ1) is 12.3. The summed E-state index contributed by atoms with van der Waals surface area (Å²) in [5, 5.41) is 7.35. The van der Waals surface area contributed by atoms with Crippen LogP contribution in [0.15, 0.2) is 53.9 Å². The van der Waals surface area contributed by atoms with Crippen LogP contribution in [0.1, 0.15) is 56.2 Å². The zero-order valence-electron chi connectivity index (χ0n) is 14.6. The van der Waals surface area contributed by atoms with Gasteiger partial charge in [0.1, 0.15) is 5.75 Å². The molecule has 2 aliphatic heterocycles. The lowest BCUT2D eigenvalue weighted by atomic mass is 9.82. The van der Waals surface area contributed by atoms with E-state index in [9.17, 15) is 0 Å². The van der Waals surface area contributed by atoms with E-state index >= 15 is 0 Å². The molecule has 1 atom stereocenters. The average molecular weight is 333 g/mol. The van der Waals surface area contributed by atoms with Crippen molar-refractivity contribution in [2.75, 3.05) is 0 Å². The Bertz CT molecular complexity index is 809. The van der Waals surface area contributed by atoms with Crippen molar-refractivity contribution in [3.8, 4) is 5.75 Å². The van der Waals surface area contributed by atoms with E-state index in [2.05, 4.69) is 47.2 Å². The van der Waals surface area contributed by atoms with Crippen LogP contribution >= 0.6 is 0 Å². The highest BCUT2D eigenvalue weighted by Crippen LogP contribution is 2.51. The van der Waals surface area contributed by atoms with Crippen LogP contribution in [-0.2, 0) is 0 Å². The minimum absolute atomic E-state index is 0.272. The Balaban J connectivity index is 1.59. The maximum absolute atomic E-state index is 6.61. The molecule has 2 aromatic rings. The van der Waals surface area contributed by atoms with E-state index < -0.39 is 0 Å². The Hall–Kier alpha value is -2.36. The molecule has 0 bridgehead atoms. The highest BCUT2D eigenvalue weighted by Gasteiger charge is 2.51. The van der Waals surface area contributed by atoms with Crippen molar-refractivity contribution in [2.24, 2.45) is 11.0 Å². The number of rotatable bonds is 1. The predicted octanol–water partition coefficient (Wildman–Crippen LogP) is 4.53. The molecule has 1 aliphatic carbocycles. The molecule has 1 saturated carbocycles. The molecule has 128 valence electrons. The van der Waals surface area contributed by atoms with Gasteiger partial charge in [-0.1, -0.05) is 31.2 Å². The molecule has 0 radical (unpaired) electrons. The van der Waals surface area contributed by atoms with Gasteiger partial charge in [0, 0.05) is 42.8 Å². The summed E-state index contributed by atoms with van der Waals surface area (Å²) in [7, 11) is 0. The van der Waals surface area contributed by atoms with E-state index in [-0.39, 0.29) is 11.8 Å². The predicted molar refractivity (Wildman–Crippen MR) is 97.4 cm³/mol. The van der Waals surface area contributed by atoms with Gasteiger partial charge in [0.2, 0.25) is 0 Å². The molecule has 1 aromatic carbocycles. The maximum atomic E-state index is 6.61. The molecule has 1 fully saturated rings. The Morgan fingerprint density at radius 2 is 1.96 bits per heavy atom. The molecule has 3 aliphatic rings. The van der Waals surface area contributed by atoms with E-state index in [1.165, 1.54) is 18.4 Å². The van der Waals surface area contributed by atoms with Crippen LogP contribution in [0.4, 0.5) is 0 Å². The second-order valence-electron chi connectivity index (χ2n) is 7.62. The average Bonchev–Trinajstić information content (AvgIpc) is 3.12. The number of hydrogen-bond acceptors (Lipinski definition) is 4. The Labute approximate surface area is 148 Å². The Morgan fingerprint density at radius 3 is 2.76 bits per heavy atom. The summed E-state index contributed by atoms with van der Waals surface area (Å²) in [6, 6.07) is 12.8. The van der Waals surface area contributed by atoms with Crippen molar-refractivity contribution >= 4 is 5.71 Å². The number of fused-ring (bicyclic) bond motifs is 4. The van der Waals surface area contributed by atoms with Crippen LogP contribution in [-0.4, -0.2) is 21.4 Å². The topological polar surface area (TPSA) is 37.7 Å². The molecule has 4 nitrogen and oxygen atoms in total. The lowest BCUT2D eigenvalue weighted by Crippen LogP contribution is -2.55. The number of aromatic nitrogens is 1. The number of para-hydroxylation sites is 1. The van der Waals surface area contributed by atoms with Crippen molar-refractivity contribution in [2.45, 2.75) is 50.8 Å². The van der Waals surface area contributed by atoms with Gasteiger partial charge in [0.15, 0.2) is 5.72 Å². The molecular weight excluding hydrogens is 310 g/mol. The van der Waals surface area contributed by atoms with Crippen LogP contribution in [0.5, 0.6) is 5.75 Å². The number of ether oxygens (including phenoxy) is 1. The summed E-state index contributed by atoms with van der Waals surface area (Å²) in [5.74, 6) is 1.81. The fraction of sp³-hybridized carbons (Fsp3) is 0.429. The van der Waals surface area contributed by atoms with Gasteiger partial charge in [-0.25, -0.2) is 5.01 Å². The second-order valence-corrected chi connectivity index (χ2v) is 7.62. The standard InChI is InChI=1S/C21H23N3O/c1-15-8-10-21(11-9-15)24-19(17-6-2-3-7-20(17)25-21)13-18(23-24)16-5-4-12-22-14-16/h2-7,12,14-15,19H,8-11,13H2,1H3/t15?,19-,21?/m0/s1. The molecule has 0 unspecified atom stereocenters. The third kappa shape index (κ3) is 2.35. The van der Waals surface area contributed by atoms with Crippen LogP contribution in [0.25, 0.3) is 0 Å². The maximum Gasteiger partial charge on any atom is 0.198 e. The highest BCUT2D eigenvalue weighted by molar-refractivity contribution is 6.01. The number of hydrogen-bond donors (Lipinski definition) is 0. The minimum atomic E-state index is -0.282. The van der Waals surface area contributed by atoms with Gasteiger partial charge in [-0.2, -0.15) is 5.10 Å². The summed E-state index contributed by atoms with van der Waals surface area (Å²) < 4.78 is 6.61. The number of pyridine rings is 1. The van der Waals surface area contributed by atoms with Crippen LogP contribution in [0.2, 0.25) is 0 Å².